The lowest BCUT2D eigenvalue weighted by Gasteiger charge is -2.11. The van der Waals surface area contributed by atoms with Crippen LogP contribution >= 0.6 is 34.4 Å². The predicted molar refractivity (Wildman–Crippen MR) is 114 cm³/mol. The van der Waals surface area contributed by atoms with E-state index >= 15 is 0 Å². The largest absolute Gasteiger partial charge is 0.309 e. The summed E-state index contributed by atoms with van der Waals surface area (Å²) in [6.45, 7) is 2.05. The lowest BCUT2D eigenvalue weighted by atomic mass is 10.2. The van der Waals surface area contributed by atoms with E-state index in [-0.39, 0.29) is 10.8 Å². The molecule has 0 aliphatic carbocycles. The number of H-pyrrole nitrogens is 1. The summed E-state index contributed by atoms with van der Waals surface area (Å²) in [6.07, 6.45) is 0. The lowest BCUT2D eigenvalue weighted by Crippen LogP contribution is -2.12. The van der Waals surface area contributed by atoms with Crippen molar-refractivity contribution in [1.29, 1.82) is 5.26 Å². The molecule has 0 amide bonds. The van der Waals surface area contributed by atoms with Gasteiger partial charge >= 0.3 is 0 Å². The van der Waals surface area contributed by atoms with Gasteiger partial charge in [-0.2, -0.15) is 5.26 Å². The van der Waals surface area contributed by atoms with Gasteiger partial charge in [-0.25, -0.2) is 4.98 Å². The number of thiophene rings is 2. The molecule has 7 heteroatoms. The van der Waals surface area contributed by atoms with Crippen LogP contribution in [0.4, 0.5) is 0 Å². The second-order valence-electron chi connectivity index (χ2n) is 6.02. The van der Waals surface area contributed by atoms with E-state index in [1.165, 1.54) is 11.3 Å². The Hall–Kier alpha value is -2.40. The first-order valence-electron chi connectivity index (χ1n) is 8.31. The van der Waals surface area contributed by atoms with E-state index < -0.39 is 0 Å². The van der Waals surface area contributed by atoms with Crippen molar-refractivity contribution in [3.63, 3.8) is 0 Å². The van der Waals surface area contributed by atoms with Gasteiger partial charge in [0.15, 0.2) is 0 Å². The fourth-order valence-corrected chi connectivity index (χ4v) is 5.42. The molecule has 134 valence electrons. The van der Waals surface area contributed by atoms with Gasteiger partial charge in [0.2, 0.25) is 0 Å². The Morgan fingerprint density at radius 1 is 1.26 bits per heavy atom. The van der Waals surface area contributed by atoms with Crippen molar-refractivity contribution < 1.29 is 0 Å². The molecule has 0 saturated carbocycles. The summed E-state index contributed by atoms with van der Waals surface area (Å²) in [6, 6.07) is 13.7. The first-order valence-corrected chi connectivity index (χ1v) is 11.1. The van der Waals surface area contributed by atoms with E-state index in [4.69, 9.17) is 10.2 Å². The molecule has 4 rings (SSSR count). The zero-order valence-corrected chi connectivity index (χ0v) is 16.9. The molecular formula is C20H15N3OS3. The van der Waals surface area contributed by atoms with Gasteiger partial charge in [-0.15, -0.1) is 34.4 Å². The molecule has 0 aliphatic heterocycles. The minimum absolute atomic E-state index is 0.0602. The number of thioether (sulfide) groups is 1. The molecule has 1 aromatic carbocycles. The van der Waals surface area contributed by atoms with Crippen LogP contribution in [0, 0.1) is 11.3 Å². The van der Waals surface area contributed by atoms with Crippen LogP contribution < -0.4 is 5.56 Å². The highest BCUT2D eigenvalue weighted by molar-refractivity contribution is 7.98. The second kappa shape index (κ2) is 7.69. The highest BCUT2D eigenvalue weighted by Gasteiger charge is 2.16. The number of nitrogens with zero attached hydrogens (tertiary/aromatic N) is 2. The van der Waals surface area contributed by atoms with Crippen molar-refractivity contribution in [1.82, 2.24) is 9.97 Å². The Morgan fingerprint density at radius 2 is 2.07 bits per heavy atom. The average Bonchev–Trinajstić information content (AvgIpc) is 3.36. The van der Waals surface area contributed by atoms with E-state index in [2.05, 4.69) is 11.1 Å². The Labute approximate surface area is 168 Å². The summed E-state index contributed by atoms with van der Waals surface area (Å²) in [5.74, 6) is 1.49. The number of nitriles is 1. The van der Waals surface area contributed by atoms with Crippen LogP contribution in [0.2, 0.25) is 0 Å². The fourth-order valence-electron chi connectivity index (χ4n) is 2.75. The number of nitrogens with one attached hydrogen (secondary N) is 1. The van der Waals surface area contributed by atoms with Crippen LogP contribution in [0.15, 0.2) is 52.0 Å². The third-order valence-electron chi connectivity index (χ3n) is 4.22. The van der Waals surface area contributed by atoms with Crippen molar-refractivity contribution in [2.75, 3.05) is 0 Å². The number of benzene rings is 1. The molecule has 4 nitrogen and oxygen atoms in total. The van der Waals surface area contributed by atoms with Crippen molar-refractivity contribution >= 4 is 44.7 Å². The molecule has 0 unspecified atom stereocenters. The molecule has 0 radical (unpaired) electrons. The molecule has 1 atom stereocenters. The van der Waals surface area contributed by atoms with Gasteiger partial charge in [-0.1, -0.05) is 18.2 Å². The first kappa shape index (κ1) is 18.0. The van der Waals surface area contributed by atoms with Gasteiger partial charge in [0.05, 0.1) is 22.3 Å². The topological polar surface area (TPSA) is 69.5 Å². The van der Waals surface area contributed by atoms with E-state index in [0.717, 1.165) is 26.6 Å². The fraction of sp³-hybridized carbons (Fsp3) is 0.150. The van der Waals surface area contributed by atoms with Crippen LogP contribution in [0.1, 0.15) is 29.1 Å². The third kappa shape index (κ3) is 3.69. The molecule has 0 fully saturated rings. The smallest absolute Gasteiger partial charge is 0.260 e. The minimum atomic E-state index is -0.0783. The summed E-state index contributed by atoms with van der Waals surface area (Å²) < 4.78 is 0. The number of hydrogen-bond donors (Lipinski definition) is 1. The van der Waals surface area contributed by atoms with Crippen LogP contribution in [-0.2, 0) is 5.75 Å². The molecular weight excluding hydrogens is 394 g/mol. The van der Waals surface area contributed by atoms with E-state index in [0.29, 0.717) is 16.8 Å². The molecule has 0 saturated heterocycles. The zero-order valence-electron chi connectivity index (χ0n) is 14.4. The summed E-state index contributed by atoms with van der Waals surface area (Å²) in [5.41, 5.74) is 2.69. The molecule has 0 aliphatic rings. The van der Waals surface area contributed by atoms with Gasteiger partial charge in [-0.05, 0) is 36.1 Å². The summed E-state index contributed by atoms with van der Waals surface area (Å²) >= 11 is 4.85. The van der Waals surface area contributed by atoms with E-state index in [9.17, 15) is 4.79 Å². The molecule has 0 spiro atoms. The Kier molecular flexibility index (Phi) is 5.12. The molecule has 0 bridgehead atoms. The molecule has 3 heterocycles. The summed E-state index contributed by atoms with van der Waals surface area (Å²) in [4.78, 5) is 22.3. The SMILES string of the molecule is C[C@H](SCc1ccc(C#N)cc1)c1nc2scc(-c3cccs3)c2c(=O)[nH]1. The molecule has 3 aromatic heterocycles. The van der Waals surface area contributed by atoms with Gasteiger partial charge < -0.3 is 4.98 Å². The maximum absolute atomic E-state index is 12.7. The molecule has 4 aromatic rings. The summed E-state index contributed by atoms with van der Waals surface area (Å²) in [5, 5.41) is 13.6. The zero-order chi connectivity index (χ0) is 18.8. The minimum Gasteiger partial charge on any atom is -0.309 e. The van der Waals surface area contributed by atoms with E-state index in [1.54, 1.807) is 23.1 Å². The number of aromatic nitrogens is 2. The van der Waals surface area contributed by atoms with Crippen molar-refractivity contribution in [3.8, 4) is 16.5 Å². The van der Waals surface area contributed by atoms with Crippen LogP contribution in [0.25, 0.3) is 20.7 Å². The van der Waals surface area contributed by atoms with Gasteiger partial charge in [0, 0.05) is 21.6 Å². The number of aromatic amines is 1. The maximum atomic E-state index is 12.7. The van der Waals surface area contributed by atoms with Gasteiger partial charge in [0.1, 0.15) is 10.7 Å². The number of hydrogen-bond acceptors (Lipinski definition) is 6. The van der Waals surface area contributed by atoms with Crippen molar-refractivity contribution in [3.05, 3.63) is 74.5 Å². The predicted octanol–water partition coefficient (Wildman–Crippen LogP) is 5.58. The highest BCUT2D eigenvalue weighted by atomic mass is 32.2. The maximum Gasteiger partial charge on any atom is 0.260 e. The normalized spacial score (nSPS) is 12.1. The number of rotatable bonds is 5. The monoisotopic (exact) mass is 409 g/mol. The molecule has 27 heavy (non-hydrogen) atoms. The van der Waals surface area contributed by atoms with Crippen molar-refractivity contribution in [2.24, 2.45) is 0 Å². The van der Waals surface area contributed by atoms with E-state index in [1.807, 2.05) is 54.1 Å². The lowest BCUT2D eigenvalue weighted by molar-refractivity contribution is 0.925. The van der Waals surface area contributed by atoms with Crippen LogP contribution in [0.5, 0.6) is 0 Å². The van der Waals surface area contributed by atoms with Gasteiger partial charge in [0.25, 0.3) is 5.56 Å². The highest BCUT2D eigenvalue weighted by Crippen LogP contribution is 2.35. The standard InChI is InChI=1S/C20H15N3OS3/c1-12(26-10-14-6-4-13(9-21)5-7-14)18-22-19(24)17-15(11-27-20(17)23-18)16-3-2-8-25-16/h2-8,11-12H,10H2,1H3,(H,22,23,24)/t12-/m0/s1. The summed E-state index contributed by atoms with van der Waals surface area (Å²) in [7, 11) is 0. The third-order valence-corrected chi connectivity index (χ3v) is 7.22. The quantitative estimate of drug-likeness (QED) is 0.467. The molecule has 1 N–H and O–H groups in total. The Morgan fingerprint density at radius 3 is 2.78 bits per heavy atom. The Bertz CT molecular complexity index is 1170. The van der Waals surface area contributed by atoms with Crippen molar-refractivity contribution in [2.45, 2.75) is 17.9 Å². The first-order chi connectivity index (χ1) is 13.2. The number of fused-ring (bicyclic) bond motifs is 1. The average molecular weight is 410 g/mol. The van der Waals surface area contributed by atoms with Crippen LogP contribution in [-0.4, -0.2) is 9.97 Å². The Balaban J connectivity index is 1.56. The van der Waals surface area contributed by atoms with Crippen LogP contribution in [0.3, 0.4) is 0 Å². The van der Waals surface area contributed by atoms with Gasteiger partial charge in [-0.3, -0.25) is 4.79 Å². The second-order valence-corrected chi connectivity index (χ2v) is 9.15.